The van der Waals surface area contributed by atoms with Crippen LogP contribution in [0.1, 0.15) is 36.8 Å². The van der Waals surface area contributed by atoms with E-state index in [-0.39, 0.29) is 0 Å². The molecule has 0 aliphatic rings. The van der Waals surface area contributed by atoms with E-state index < -0.39 is 0 Å². The third-order valence-corrected chi connectivity index (χ3v) is 2.37. The first kappa shape index (κ1) is 9.19. The summed E-state index contributed by atoms with van der Waals surface area (Å²) in [5.74, 6) is 1.27. The van der Waals surface area contributed by atoms with Gasteiger partial charge in [0.2, 0.25) is 5.78 Å². The van der Waals surface area contributed by atoms with Gasteiger partial charge in [-0.25, -0.2) is 9.97 Å². The van der Waals surface area contributed by atoms with Crippen molar-refractivity contribution in [3.05, 3.63) is 29.3 Å². The molecule has 0 radical (unpaired) electrons. The Balaban J connectivity index is 2.70. The van der Waals surface area contributed by atoms with Crippen LogP contribution < -0.4 is 0 Å². The number of aromatic nitrogens is 3. The molecule has 0 unspecified atom stereocenters. The van der Waals surface area contributed by atoms with Crippen LogP contribution in [0.5, 0.6) is 0 Å². The Bertz CT molecular complexity index is 469. The van der Waals surface area contributed by atoms with E-state index in [1.54, 1.807) is 0 Å². The third-order valence-electron chi connectivity index (χ3n) is 2.37. The second-order valence-corrected chi connectivity index (χ2v) is 4.03. The lowest BCUT2D eigenvalue weighted by atomic mass is 10.2. The summed E-state index contributed by atoms with van der Waals surface area (Å²) in [6.45, 7) is 8.36. The molecule has 0 saturated carbocycles. The van der Waals surface area contributed by atoms with Gasteiger partial charge in [0.1, 0.15) is 0 Å². The van der Waals surface area contributed by atoms with Gasteiger partial charge in [-0.1, -0.05) is 13.8 Å². The summed E-state index contributed by atoms with van der Waals surface area (Å²) in [6, 6.07) is 2.07. The summed E-state index contributed by atoms with van der Waals surface area (Å²) in [5, 5.41) is 0. The summed E-state index contributed by atoms with van der Waals surface area (Å²) in [5.41, 5.74) is 3.31. The molecule has 0 amide bonds. The zero-order valence-corrected chi connectivity index (χ0v) is 9.07. The second kappa shape index (κ2) is 3.08. The molecule has 0 N–H and O–H groups in total. The Kier molecular flexibility index (Phi) is 2.02. The highest BCUT2D eigenvalue weighted by molar-refractivity contribution is 5.35. The first-order valence-corrected chi connectivity index (χ1v) is 4.91. The van der Waals surface area contributed by atoms with E-state index in [0.717, 1.165) is 17.2 Å². The molecule has 14 heavy (non-hydrogen) atoms. The molecule has 2 aromatic heterocycles. The van der Waals surface area contributed by atoms with Crippen molar-refractivity contribution in [2.24, 2.45) is 0 Å². The molecule has 2 heterocycles. The second-order valence-electron chi connectivity index (χ2n) is 4.03. The molecular formula is C11H15N3. The summed E-state index contributed by atoms with van der Waals surface area (Å²) in [4.78, 5) is 8.88. The van der Waals surface area contributed by atoms with Crippen LogP contribution in [0.2, 0.25) is 0 Å². The first-order chi connectivity index (χ1) is 6.58. The van der Waals surface area contributed by atoms with E-state index in [2.05, 4.69) is 43.0 Å². The topological polar surface area (TPSA) is 30.2 Å². The quantitative estimate of drug-likeness (QED) is 0.689. The van der Waals surface area contributed by atoms with E-state index in [1.807, 2.05) is 11.3 Å². The summed E-state index contributed by atoms with van der Waals surface area (Å²) < 4.78 is 2.04. The van der Waals surface area contributed by atoms with E-state index >= 15 is 0 Å². The Morgan fingerprint density at radius 1 is 1.21 bits per heavy atom. The maximum atomic E-state index is 4.49. The van der Waals surface area contributed by atoms with Crippen molar-refractivity contribution in [3.63, 3.8) is 0 Å². The van der Waals surface area contributed by atoms with E-state index in [1.165, 1.54) is 5.69 Å². The summed E-state index contributed by atoms with van der Waals surface area (Å²) >= 11 is 0. The van der Waals surface area contributed by atoms with Gasteiger partial charge in [0.15, 0.2) is 0 Å². The van der Waals surface area contributed by atoms with Crippen LogP contribution in [0.4, 0.5) is 0 Å². The SMILES string of the molecule is Cc1cc(C)n2cc(C(C)C)nc2n1. The monoisotopic (exact) mass is 189 g/mol. The number of nitrogens with zero attached hydrogens (tertiary/aromatic N) is 3. The maximum Gasteiger partial charge on any atom is 0.234 e. The van der Waals surface area contributed by atoms with Crippen LogP contribution in [-0.4, -0.2) is 14.4 Å². The molecule has 0 bridgehead atoms. The lowest BCUT2D eigenvalue weighted by molar-refractivity contribution is 0.833. The Labute approximate surface area is 83.8 Å². The van der Waals surface area contributed by atoms with E-state index in [4.69, 9.17) is 0 Å². The van der Waals surface area contributed by atoms with Gasteiger partial charge in [-0.3, -0.25) is 4.40 Å². The van der Waals surface area contributed by atoms with Gasteiger partial charge in [-0.15, -0.1) is 0 Å². The predicted molar refractivity (Wildman–Crippen MR) is 56.6 cm³/mol. The molecule has 0 fully saturated rings. The molecule has 3 nitrogen and oxygen atoms in total. The van der Waals surface area contributed by atoms with Gasteiger partial charge in [-0.05, 0) is 25.8 Å². The third kappa shape index (κ3) is 1.39. The van der Waals surface area contributed by atoms with Crippen molar-refractivity contribution in [2.45, 2.75) is 33.6 Å². The minimum Gasteiger partial charge on any atom is -0.288 e. The van der Waals surface area contributed by atoms with Crippen molar-refractivity contribution >= 4 is 5.78 Å². The largest absolute Gasteiger partial charge is 0.288 e. The average molecular weight is 189 g/mol. The molecule has 0 spiro atoms. The summed E-state index contributed by atoms with van der Waals surface area (Å²) in [6.07, 6.45) is 2.07. The Morgan fingerprint density at radius 3 is 2.57 bits per heavy atom. The van der Waals surface area contributed by atoms with Crippen molar-refractivity contribution in [1.82, 2.24) is 14.4 Å². The fraction of sp³-hybridized carbons (Fsp3) is 0.455. The summed E-state index contributed by atoms with van der Waals surface area (Å²) in [7, 11) is 0. The van der Waals surface area contributed by atoms with Gasteiger partial charge in [-0.2, -0.15) is 0 Å². The van der Waals surface area contributed by atoms with Crippen LogP contribution in [0, 0.1) is 13.8 Å². The molecule has 74 valence electrons. The normalized spacial score (nSPS) is 11.5. The van der Waals surface area contributed by atoms with Gasteiger partial charge in [0, 0.05) is 17.6 Å². The van der Waals surface area contributed by atoms with Gasteiger partial charge in [0.25, 0.3) is 0 Å². The van der Waals surface area contributed by atoms with Gasteiger partial charge in [0.05, 0.1) is 5.69 Å². The number of hydrogen-bond donors (Lipinski definition) is 0. The molecule has 0 atom stereocenters. The highest BCUT2D eigenvalue weighted by Crippen LogP contribution is 2.15. The van der Waals surface area contributed by atoms with Crippen molar-refractivity contribution in [2.75, 3.05) is 0 Å². The smallest absolute Gasteiger partial charge is 0.234 e. The lowest BCUT2D eigenvalue weighted by Crippen LogP contribution is -1.94. The molecule has 0 aliphatic carbocycles. The first-order valence-electron chi connectivity index (χ1n) is 4.91. The van der Waals surface area contributed by atoms with E-state index in [0.29, 0.717) is 5.92 Å². The number of fused-ring (bicyclic) bond motifs is 1. The van der Waals surface area contributed by atoms with Crippen LogP contribution in [0.3, 0.4) is 0 Å². The van der Waals surface area contributed by atoms with Crippen LogP contribution in [0.25, 0.3) is 5.78 Å². The Morgan fingerprint density at radius 2 is 1.93 bits per heavy atom. The number of imidazole rings is 1. The van der Waals surface area contributed by atoms with Crippen molar-refractivity contribution in [3.8, 4) is 0 Å². The van der Waals surface area contributed by atoms with Crippen molar-refractivity contribution < 1.29 is 0 Å². The molecule has 0 aromatic carbocycles. The minimum absolute atomic E-state index is 0.455. The highest BCUT2D eigenvalue weighted by atomic mass is 15.1. The van der Waals surface area contributed by atoms with Crippen molar-refractivity contribution in [1.29, 1.82) is 0 Å². The number of hydrogen-bond acceptors (Lipinski definition) is 2. The zero-order valence-electron chi connectivity index (χ0n) is 9.07. The minimum atomic E-state index is 0.455. The van der Waals surface area contributed by atoms with Crippen LogP contribution >= 0.6 is 0 Å². The zero-order chi connectivity index (χ0) is 10.3. The van der Waals surface area contributed by atoms with E-state index in [9.17, 15) is 0 Å². The molecule has 0 saturated heterocycles. The van der Waals surface area contributed by atoms with Gasteiger partial charge < -0.3 is 0 Å². The molecule has 2 rings (SSSR count). The predicted octanol–water partition coefficient (Wildman–Crippen LogP) is 2.47. The lowest BCUT2D eigenvalue weighted by Gasteiger charge is -1.99. The molecule has 0 aliphatic heterocycles. The fourth-order valence-corrected chi connectivity index (χ4v) is 1.57. The highest BCUT2D eigenvalue weighted by Gasteiger charge is 2.07. The van der Waals surface area contributed by atoms with Gasteiger partial charge >= 0.3 is 0 Å². The number of rotatable bonds is 1. The fourth-order valence-electron chi connectivity index (χ4n) is 1.57. The average Bonchev–Trinajstić information content (AvgIpc) is 2.47. The molecule has 3 heteroatoms. The standard InChI is InChI=1S/C11H15N3/c1-7(2)10-6-14-9(4)5-8(3)12-11(14)13-10/h5-7H,1-4H3. The molecular weight excluding hydrogens is 174 g/mol. The maximum absolute atomic E-state index is 4.49. The van der Waals surface area contributed by atoms with Crippen LogP contribution in [0.15, 0.2) is 12.3 Å². The number of aryl methyl sites for hydroxylation is 2. The molecule has 2 aromatic rings. The van der Waals surface area contributed by atoms with Crippen LogP contribution in [-0.2, 0) is 0 Å². The Hall–Kier alpha value is -1.38.